The molecule has 0 amide bonds. The number of aromatic nitrogens is 1. The molecule has 2 aliphatic carbocycles. The SMILES string of the molecule is CC1=CCCC2C1(C)C(OC(=O)c1ccccc1)C(OC(=O)c1cccnc1)C(C)(O)C2(C)C=CC1=CC(=O)OC1. The van der Waals surface area contributed by atoms with E-state index in [0.29, 0.717) is 17.6 Å². The van der Waals surface area contributed by atoms with Crippen LogP contribution in [0.2, 0.25) is 0 Å². The van der Waals surface area contributed by atoms with Gasteiger partial charge in [0.05, 0.1) is 11.1 Å². The van der Waals surface area contributed by atoms with Crippen molar-refractivity contribution < 1.29 is 33.7 Å². The molecule has 1 aromatic carbocycles. The highest BCUT2D eigenvalue weighted by Gasteiger charge is 2.69. The quantitative estimate of drug-likeness (QED) is 0.300. The van der Waals surface area contributed by atoms with Crippen LogP contribution in [0.15, 0.2) is 90.3 Å². The summed E-state index contributed by atoms with van der Waals surface area (Å²) < 4.78 is 17.5. The molecule has 5 rings (SSSR count). The first-order valence-corrected chi connectivity index (χ1v) is 13.8. The van der Waals surface area contributed by atoms with E-state index in [-0.39, 0.29) is 18.1 Å². The summed E-state index contributed by atoms with van der Waals surface area (Å²) in [5.74, 6) is -1.89. The molecule has 0 spiro atoms. The first-order valence-electron chi connectivity index (χ1n) is 13.8. The van der Waals surface area contributed by atoms with Gasteiger partial charge in [-0.15, -0.1) is 0 Å². The predicted octanol–water partition coefficient (Wildman–Crippen LogP) is 5.01. The molecule has 1 saturated carbocycles. The normalized spacial score (nSPS) is 32.9. The minimum absolute atomic E-state index is 0.144. The fraction of sp³-hybridized carbons (Fsp3) is 0.394. The van der Waals surface area contributed by atoms with Crippen molar-refractivity contribution in [3.63, 3.8) is 0 Å². The number of hydrogen-bond acceptors (Lipinski definition) is 8. The summed E-state index contributed by atoms with van der Waals surface area (Å²) in [5, 5.41) is 12.5. The molecule has 1 N–H and O–H groups in total. The van der Waals surface area contributed by atoms with Crippen LogP contribution in [0.1, 0.15) is 61.3 Å². The number of esters is 3. The van der Waals surface area contributed by atoms with E-state index < -0.39 is 46.5 Å². The number of rotatable bonds is 6. The summed E-state index contributed by atoms with van der Waals surface area (Å²) in [6.45, 7) is 7.71. The van der Waals surface area contributed by atoms with Crippen LogP contribution in [0.5, 0.6) is 0 Å². The fourth-order valence-corrected chi connectivity index (χ4v) is 6.71. The number of cyclic esters (lactones) is 1. The zero-order valence-electron chi connectivity index (χ0n) is 23.7. The summed E-state index contributed by atoms with van der Waals surface area (Å²) >= 11 is 0. The van der Waals surface area contributed by atoms with E-state index in [2.05, 4.69) is 11.1 Å². The Kier molecular flexibility index (Phi) is 7.46. The third-order valence-corrected chi connectivity index (χ3v) is 9.42. The highest BCUT2D eigenvalue weighted by Crippen LogP contribution is 2.63. The van der Waals surface area contributed by atoms with Gasteiger partial charge in [-0.1, -0.05) is 55.8 Å². The number of fused-ring (bicyclic) bond motifs is 1. The Morgan fingerprint density at radius 3 is 2.37 bits per heavy atom. The highest BCUT2D eigenvalue weighted by atomic mass is 16.6. The van der Waals surface area contributed by atoms with Gasteiger partial charge in [-0.25, -0.2) is 14.4 Å². The van der Waals surface area contributed by atoms with Gasteiger partial charge >= 0.3 is 17.9 Å². The maximum absolute atomic E-state index is 13.5. The van der Waals surface area contributed by atoms with Gasteiger partial charge in [0, 0.05) is 29.3 Å². The minimum atomic E-state index is -1.70. The number of hydrogen-bond donors (Lipinski definition) is 1. The number of aliphatic hydroxyl groups is 1. The fourth-order valence-electron chi connectivity index (χ4n) is 6.71. The average Bonchev–Trinajstić information content (AvgIpc) is 3.39. The van der Waals surface area contributed by atoms with Crippen molar-refractivity contribution in [1.29, 1.82) is 0 Å². The molecule has 0 bridgehead atoms. The van der Waals surface area contributed by atoms with Crippen LogP contribution in [-0.4, -0.2) is 52.4 Å². The molecule has 6 unspecified atom stereocenters. The zero-order valence-corrected chi connectivity index (χ0v) is 23.7. The molecule has 0 radical (unpaired) electrons. The molecule has 0 saturated heterocycles. The van der Waals surface area contributed by atoms with Gasteiger partial charge in [-0.2, -0.15) is 0 Å². The Morgan fingerprint density at radius 1 is 1.02 bits per heavy atom. The Morgan fingerprint density at radius 2 is 1.71 bits per heavy atom. The minimum Gasteiger partial charge on any atom is -0.458 e. The first kappa shape index (κ1) is 28.5. The molecular formula is C33H35NO7. The molecule has 6 atom stereocenters. The molecule has 3 aliphatic rings. The standard InChI is InChI=1S/C33H35NO7/c1-21-10-8-14-25-31(2,16-15-22-18-26(35)39-20-22)33(4,38)28(41-30(37)24-13-9-17-34-19-24)27(32(21,25)3)40-29(36)23-11-6-5-7-12-23/h5-7,9-13,15-19,25,27-28,38H,8,14,20H2,1-4H3. The molecule has 1 fully saturated rings. The molecule has 41 heavy (non-hydrogen) atoms. The number of carbonyl (C=O) groups excluding carboxylic acids is 3. The summed E-state index contributed by atoms with van der Waals surface area (Å²) in [6, 6.07) is 11.8. The van der Waals surface area contributed by atoms with Crippen molar-refractivity contribution in [2.75, 3.05) is 6.61 Å². The van der Waals surface area contributed by atoms with Crippen molar-refractivity contribution in [1.82, 2.24) is 4.98 Å². The van der Waals surface area contributed by atoms with Gasteiger partial charge in [-0.3, -0.25) is 4.98 Å². The zero-order chi connectivity index (χ0) is 29.4. The van der Waals surface area contributed by atoms with Crippen LogP contribution in [0.25, 0.3) is 0 Å². The third-order valence-electron chi connectivity index (χ3n) is 9.42. The van der Waals surface area contributed by atoms with E-state index in [9.17, 15) is 19.5 Å². The van der Waals surface area contributed by atoms with Gasteiger partial charge in [0.1, 0.15) is 12.2 Å². The van der Waals surface area contributed by atoms with Crippen LogP contribution < -0.4 is 0 Å². The number of ether oxygens (including phenoxy) is 3. The Labute approximate surface area is 239 Å². The van der Waals surface area contributed by atoms with E-state index in [4.69, 9.17) is 14.2 Å². The molecule has 214 valence electrons. The van der Waals surface area contributed by atoms with Crippen LogP contribution in [0, 0.1) is 16.7 Å². The molecule has 2 heterocycles. The van der Waals surface area contributed by atoms with Crippen LogP contribution in [0.3, 0.4) is 0 Å². The van der Waals surface area contributed by atoms with Gasteiger partial charge in [0.25, 0.3) is 0 Å². The number of benzene rings is 1. The number of nitrogens with zero attached hydrogens (tertiary/aromatic N) is 1. The monoisotopic (exact) mass is 557 g/mol. The Balaban J connectivity index is 1.64. The Hall–Kier alpha value is -4.04. The van der Waals surface area contributed by atoms with Gasteiger partial charge in [0.2, 0.25) is 0 Å². The van der Waals surface area contributed by atoms with E-state index in [1.807, 2.05) is 32.9 Å². The van der Waals surface area contributed by atoms with E-state index >= 15 is 0 Å². The van der Waals surface area contributed by atoms with E-state index in [0.717, 1.165) is 12.0 Å². The second kappa shape index (κ2) is 10.7. The second-order valence-corrected chi connectivity index (χ2v) is 11.6. The summed E-state index contributed by atoms with van der Waals surface area (Å²) in [5.41, 5.74) is -1.25. The van der Waals surface area contributed by atoms with Crippen molar-refractivity contribution in [3.8, 4) is 0 Å². The van der Waals surface area contributed by atoms with Crippen LogP contribution in [0.4, 0.5) is 0 Å². The molecular weight excluding hydrogens is 522 g/mol. The molecule has 8 heteroatoms. The number of carbonyl (C=O) groups is 3. The molecule has 1 aromatic heterocycles. The van der Waals surface area contributed by atoms with Crippen LogP contribution >= 0.6 is 0 Å². The van der Waals surface area contributed by atoms with E-state index in [1.54, 1.807) is 55.6 Å². The number of allylic oxidation sites excluding steroid dienone is 1. The summed E-state index contributed by atoms with van der Waals surface area (Å²) in [7, 11) is 0. The molecule has 2 aromatic rings. The second-order valence-electron chi connectivity index (χ2n) is 11.6. The predicted molar refractivity (Wildman–Crippen MR) is 151 cm³/mol. The highest BCUT2D eigenvalue weighted by molar-refractivity contribution is 5.90. The van der Waals surface area contributed by atoms with Gasteiger partial charge < -0.3 is 19.3 Å². The molecule has 8 nitrogen and oxygen atoms in total. The van der Waals surface area contributed by atoms with Crippen molar-refractivity contribution >= 4 is 17.9 Å². The summed E-state index contributed by atoms with van der Waals surface area (Å²) in [4.78, 5) is 42.7. The van der Waals surface area contributed by atoms with Gasteiger partial charge in [0.15, 0.2) is 12.2 Å². The lowest BCUT2D eigenvalue weighted by Gasteiger charge is -2.64. The topological polar surface area (TPSA) is 112 Å². The lowest BCUT2D eigenvalue weighted by molar-refractivity contribution is -0.251. The van der Waals surface area contributed by atoms with Crippen molar-refractivity contribution in [2.45, 2.75) is 58.3 Å². The largest absolute Gasteiger partial charge is 0.458 e. The van der Waals surface area contributed by atoms with Crippen molar-refractivity contribution in [2.24, 2.45) is 16.7 Å². The molecule has 1 aliphatic heterocycles. The van der Waals surface area contributed by atoms with Gasteiger partial charge in [-0.05, 0) is 62.4 Å². The third kappa shape index (κ3) is 4.90. The smallest absolute Gasteiger partial charge is 0.340 e. The van der Waals surface area contributed by atoms with E-state index in [1.165, 1.54) is 12.3 Å². The summed E-state index contributed by atoms with van der Waals surface area (Å²) in [6.07, 6.45) is 9.38. The first-order chi connectivity index (χ1) is 19.5. The Bertz CT molecular complexity index is 1430. The maximum Gasteiger partial charge on any atom is 0.340 e. The lowest BCUT2D eigenvalue weighted by Crippen LogP contribution is -2.72. The van der Waals surface area contributed by atoms with Crippen molar-refractivity contribution in [3.05, 3.63) is 101 Å². The average molecular weight is 558 g/mol. The lowest BCUT2D eigenvalue weighted by atomic mass is 9.44. The number of pyridine rings is 1. The maximum atomic E-state index is 13.5. The van der Waals surface area contributed by atoms with Crippen LogP contribution in [-0.2, 0) is 19.0 Å².